The summed E-state index contributed by atoms with van der Waals surface area (Å²) in [6, 6.07) is 33.5. The molecule has 3 aromatic heterocycles. The fourth-order valence-electron chi connectivity index (χ4n) is 12.6. The van der Waals surface area contributed by atoms with Gasteiger partial charge in [0.2, 0.25) is 0 Å². The normalized spacial score (nSPS) is 12.0. The van der Waals surface area contributed by atoms with Crippen LogP contribution in [0, 0.1) is 13.8 Å². The first-order chi connectivity index (χ1) is 43.3. The second-order valence-electron chi connectivity index (χ2n) is 23.2. The van der Waals surface area contributed by atoms with Gasteiger partial charge in [0, 0.05) is 43.1 Å². The van der Waals surface area contributed by atoms with Gasteiger partial charge in [0.05, 0.1) is 72.7 Å². The summed E-state index contributed by atoms with van der Waals surface area (Å²) in [6.07, 6.45) is 10.8. The molecule has 0 spiro atoms. The first-order valence-electron chi connectivity index (χ1n) is 32.2. The van der Waals surface area contributed by atoms with E-state index in [4.69, 9.17) is 58.3 Å². The number of nitrogens with one attached hydrogen (secondary N) is 2. The Labute approximate surface area is 513 Å². The monoisotopic (exact) mass is 1170 g/mol. The lowest BCUT2D eigenvalue weighted by Crippen LogP contribution is -2.04. The SMILES string of the molecule is CCCCOc1c2c(c(OCCCC)c3ccccc13)-c1nc-2nc2[nH]c(nc3nc(nc4[nH]c(n1)c1c(C)c5ccccc5c(OCCCC)c41)-c1c-3c(OCCCC)c3ccccc3c1OCCCC)c1c(OCCCC)c3ccccc3c(C)c21. The molecule has 14 heteroatoms. The second kappa shape index (κ2) is 25.4. The van der Waals surface area contributed by atoms with Crippen LogP contribution in [0.15, 0.2) is 97.1 Å². The Morgan fingerprint density at radius 1 is 0.273 bits per heavy atom. The summed E-state index contributed by atoms with van der Waals surface area (Å²) < 4.78 is 42.4. The van der Waals surface area contributed by atoms with Crippen molar-refractivity contribution in [2.24, 2.45) is 0 Å². The molecule has 0 amide bonds. The van der Waals surface area contributed by atoms with Crippen LogP contribution in [-0.2, 0) is 0 Å². The van der Waals surface area contributed by atoms with Gasteiger partial charge in [0.1, 0.15) is 57.1 Å². The number of hydrogen-bond acceptors (Lipinski definition) is 12. The van der Waals surface area contributed by atoms with Crippen molar-refractivity contribution in [2.75, 3.05) is 39.6 Å². The van der Waals surface area contributed by atoms with Crippen molar-refractivity contribution in [2.45, 2.75) is 132 Å². The Morgan fingerprint density at radius 3 is 0.739 bits per heavy atom. The molecule has 0 aliphatic carbocycles. The highest BCUT2D eigenvalue weighted by Gasteiger charge is 2.35. The third-order valence-corrected chi connectivity index (χ3v) is 17.2. The third-order valence-electron chi connectivity index (χ3n) is 17.2. The van der Waals surface area contributed by atoms with Crippen molar-refractivity contribution >= 4 is 87.2 Å². The first-order valence-corrected chi connectivity index (χ1v) is 32.2. The van der Waals surface area contributed by atoms with Crippen LogP contribution in [0.2, 0.25) is 0 Å². The molecule has 0 saturated carbocycles. The first kappa shape index (κ1) is 58.0. The molecule has 13 rings (SSSR count). The molecule has 5 heterocycles. The Morgan fingerprint density at radius 2 is 0.489 bits per heavy atom. The van der Waals surface area contributed by atoms with Crippen molar-refractivity contribution in [1.29, 1.82) is 0 Å². The number of aryl methyl sites for hydroxylation is 2. The van der Waals surface area contributed by atoms with Crippen LogP contribution < -0.4 is 28.4 Å². The summed E-state index contributed by atoms with van der Waals surface area (Å²) in [5.41, 5.74) is 6.83. The van der Waals surface area contributed by atoms with Gasteiger partial charge in [-0.15, -0.1) is 0 Å². The molecule has 8 bridgehead atoms. The topological polar surface area (TPSA) is 164 Å². The van der Waals surface area contributed by atoms with Gasteiger partial charge in [-0.1, -0.05) is 177 Å². The fourth-order valence-corrected chi connectivity index (χ4v) is 12.6. The highest BCUT2D eigenvalue weighted by atomic mass is 16.5. The quantitative estimate of drug-likeness (QED) is 0.0551. The molecule has 0 unspecified atom stereocenters. The second-order valence-corrected chi connectivity index (χ2v) is 23.2. The molecule has 2 aliphatic rings. The Bertz CT molecular complexity index is 4380. The van der Waals surface area contributed by atoms with Gasteiger partial charge in [-0.25, -0.2) is 29.9 Å². The fraction of sp³-hybridized carbons (Fsp3) is 0.351. The maximum Gasteiger partial charge on any atom is 0.168 e. The minimum absolute atomic E-state index is 0.395. The largest absolute Gasteiger partial charge is 0.492 e. The molecular formula is C74H78N8O6. The van der Waals surface area contributed by atoms with Crippen LogP contribution in [0.25, 0.3) is 133 Å². The number of hydrogen-bond donors (Lipinski definition) is 2. The number of rotatable bonds is 24. The summed E-state index contributed by atoms with van der Waals surface area (Å²) in [5, 5.41) is 10.8. The van der Waals surface area contributed by atoms with E-state index in [0.29, 0.717) is 142 Å². The Hall–Kier alpha value is -9.04. The number of aromatic nitrogens is 8. The summed E-state index contributed by atoms with van der Waals surface area (Å²) >= 11 is 0. The lowest BCUT2D eigenvalue weighted by Gasteiger charge is -2.18. The molecule has 0 fully saturated rings. The van der Waals surface area contributed by atoms with Gasteiger partial charge in [0.25, 0.3) is 0 Å². The summed E-state index contributed by atoms with van der Waals surface area (Å²) in [4.78, 5) is 42.1. The Kier molecular flexibility index (Phi) is 16.7. The van der Waals surface area contributed by atoms with E-state index in [1.807, 2.05) is 0 Å². The zero-order valence-electron chi connectivity index (χ0n) is 52.1. The van der Waals surface area contributed by atoms with Gasteiger partial charge in [-0.3, -0.25) is 0 Å². The van der Waals surface area contributed by atoms with Crippen LogP contribution in [0.4, 0.5) is 0 Å². The number of H-pyrrole nitrogens is 2. The predicted molar refractivity (Wildman–Crippen MR) is 358 cm³/mol. The number of nitrogens with zero attached hydrogens (tertiary/aromatic N) is 6. The zero-order valence-corrected chi connectivity index (χ0v) is 52.1. The minimum Gasteiger partial charge on any atom is -0.492 e. The molecule has 0 saturated heterocycles. The van der Waals surface area contributed by atoms with Gasteiger partial charge in [-0.05, 0) is 74.3 Å². The van der Waals surface area contributed by atoms with Gasteiger partial charge < -0.3 is 38.4 Å². The molecule has 8 aromatic carbocycles. The van der Waals surface area contributed by atoms with Crippen LogP contribution in [0.1, 0.15) is 130 Å². The molecule has 2 aliphatic heterocycles. The Balaban J connectivity index is 1.29. The lowest BCUT2D eigenvalue weighted by molar-refractivity contribution is 0.308. The van der Waals surface area contributed by atoms with Crippen molar-refractivity contribution < 1.29 is 28.4 Å². The molecule has 14 nitrogen and oxygen atoms in total. The van der Waals surface area contributed by atoms with Crippen LogP contribution in [0.5, 0.6) is 34.5 Å². The number of aromatic amines is 2. The average molecular weight is 1180 g/mol. The highest BCUT2D eigenvalue weighted by molar-refractivity contribution is 6.21. The van der Waals surface area contributed by atoms with E-state index in [0.717, 1.165) is 153 Å². The summed E-state index contributed by atoms with van der Waals surface area (Å²) in [5.74, 6) is 5.66. The number of unbranched alkanes of at least 4 members (excludes halogenated alkanes) is 6. The van der Waals surface area contributed by atoms with E-state index in [1.54, 1.807) is 0 Å². The maximum absolute atomic E-state index is 7.08. The maximum atomic E-state index is 7.08. The molecule has 2 N–H and O–H groups in total. The molecular weight excluding hydrogens is 1100 g/mol. The van der Waals surface area contributed by atoms with Crippen molar-refractivity contribution in [1.82, 2.24) is 39.9 Å². The van der Waals surface area contributed by atoms with E-state index >= 15 is 0 Å². The van der Waals surface area contributed by atoms with Crippen LogP contribution in [0.3, 0.4) is 0 Å². The zero-order chi connectivity index (χ0) is 60.4. The molecule has 88 heavy (non-hydrogen) atoms. The standard InChI is InChI=1S/C74H78N8O6/c1-9-15-37-83-61-47-31-23-21-29-45(47)43(7)53-55(61)69-75-67(53)77-71-57-58(64(86-40-18-12-4)50-34-26-25-33-49(50)63(57)85-39-17-11-3)72(81-71)78-68-54-44(8)46-30-22-24-32-48(46)62(84-38-16-10-2)56(54)70(76-68)80-74-60-59(73(79-69)82-74)65(87-41-19-13-5)51-35-27-28-36-52(51)66(60)88-42-20-14-6/h21-36H,9-20,37-42H2,1-8H3,(H2,75,76,77,78,79,80,81,82). The van der Waals surface area contributed by atoms with Gasteiger partial charge in [0.15, 0.2) is 23.3 Å². The number of ether oxygens (including phenoxy) is 6. The van der Waals surface area contributed by atoms with Crippen molar-refractivity contribution in [3.8, 4) is 80.0 Å². The van der Waals surface area contributed by atoms with E-state index in [2.05, 4.69) is 162 Å². The summed E-state index contributed by atoms with van der Waals surface area (Å²) in [7, 11) is 0. The predicted octanol–water partition coefficient (Wildman–Crippen LogP) is 19.2. The average Bonchev–Trinajstić information content (AvgIpc) is 1.63. The lowest BCUT2D eigenvalue weighted by atomic mass is 9.97. The number of benzene rings is 8. The van der Waals surface area contributed by atoms with E-state index in [1.165, 1.54) is 0 Å². The van der Waals surface area contributed by atoms with E-state index in [-0.39, 0.29) is 0 Å². The van der Waals surface area contributed by atoms with Crippen LogP contribution in [-0.4, -0.2) is 79.5 Å². The van der Waals surface area contributed by atoms with Crippen LogP contribution >= 0.6 is 0 Å². The molecule has 450 valence electrons. The molecule has 11 aromatic rings. The molecule has 0 atom stereocenters. The van der Waals surface area contributed by atoms with Gasteiger partial charge >= 0.3 is 0 Å². The number of fused-ring (bicyclic) bond motifs is 24. The van der Waals surface area contributed by atoms with Crippen molar-refractivity contribution in [3.05, 3.63) is 108 Å². The summed E-state index contributed by atoms with van der Waals surface area (Å²) in [6.45, 7) is 20.3. The van der Waals surface area contributed by atoms with Crippen molar-refractivity contribution in [3.63, 3.8) is 0 Å². The smallest absolute Gasteiger partial charge is 0.168 e. The van der Waals surface area contributed by atoms with Gasteiger partial charge in [-0.2, -0.15) is 0 Å². The van der Waals surface area contributed by atoms with E-state index < -0.39 is 0 Å². The third kappa shape index (κ3) is 10.2. The van der Waals surface area contributed by atoms with E-state index in [9.17, 15) is 0 Å². The molecule has 0 radical (unpaired) electrons. The minimum atomic E-state index is 0.395. The highest BCUT2D eigenvalue weighted by Crippen LogP contribution is 2.55.